The van der Waals surface area contributed by atoms with E-state index in [0.717, 1.165) is 10.7 Å². The third-order valence-corrected chi connectivity index (χ3v) is 3.70. The van der Waals surface area contributed by atoms with Gasteiger partial charge in [-0.05, 0) is 36.3 Å². The van der Waals surface area contributed by atoms with Gasteiger partial charge >= 0.3 is 0 Å². The molecule has 0 unspecified atom stereocenters. The van der Waals surface area contributed by atoms with Gasteiger partial charge in [0.2, 0.25) is 0 Å². The maximum atomic E-state index is 5.78. The van der Waals surface area contributed by atoms with Gasteiger partial charge in [-0.1, -0.05) is 38.6 Å². The smallest absolute Gasteiger partial charge is 0.164 e. The van der Waals surface area contributed by atoms with Crippen LogP contribution < -0.4 is 0 Å². The summed E-state index contributed by atoms with van der Waals surface area (Å²) in [5.74, 6) is 0. The molecule has 0 aliphatic carbocycles. The molecule has 1 aromatic heterocycles. The molecule has 0 aliphatic rings. The number of thioether (sulfide) groups is 1. The van der Waals surface area contributed by atoms with Crippen molar-refractivity contribution in [1.82, 2.24) is 0 Å². The molecule has 2 heteroatoms. The zero-order chi connectivity index (χ0) is 11.9. The van der Waals surface area contributed by atoms with Crippen LogP contribution in [-0.4, -0.2) is 6.26 Å². The predicted molar refractivity (Wildman–Crippen MR) is 71.4 cm³/mol. The van der Waals surface area contributed by atoms with E-state index >= 15 is 0 Å². The van der Waals surface area contributed by atoms with E-state index in [9.17, 15) is 0 Å². The molecule has 2 rings (SSSR count). The summed E-state index contributed by atoms with van der Waals surface area (Å²) in [6, 6.07) is 6.51. The average molecular weight is 234 g/mol. The molecule has 0 amide bonds. The average Bonchev–Trinajstić information content (AvgIpc) is 2.54. The Kier molecular flexibility index (Phi) is 2.79. The van der Waals surface area contributed by atoms with Crippen molar-refractivity contribution in [1.29, 1.82) is 0 Å². The first kappa shape index (κ1) is 11.6. The maximum absolute atomic E-state index is 5.78. The van der Waals surface area contributed by atoms with Crippen LogP contribution in [0, 0.1) is 6.92 Å². The second-order valence-corrected chi connectivity index (χ2v) is 5.96. The Bertz CT molecular complexity index is 517. The molecule has 2 aromatic rings. The van der Waals surface area contributed by atoms with Crippen molar-refractivity contribution in [3.63, 3.8) is 0 Å². The van der Waals surface area contributed by atoms with Crippen molar-refractivity contribution in [3.05, 3.63) is 29.3 Å². The van der Waals surface area contributed by atoms with Crippen LogP contribution in [-0.2, 0) is 5.41 Å². The number of rotatable bonds is 1. The Morgan fingerprint density at radius 1 is 1.19 bits per heavy atom. The fourth-order valence-electron chi connectivity index (χ4n) is 1.86. The van der Waals surface area contributed by atoms with Crippen LogP contribution in [0.4, 0.5) is 0 Å². The highest BCUT2D eigenvalue weighted by Gasteiger charge is 2.16. The predicted octanol–water partition coefficient (Wildman–Crippen LogP) is 4.76. The van der Waals surface area contributed by atoms with E-state index in [0.29, 0.717) is 0 Å². The quantitative estimate of drug-likeness (QED) is 0.660. The summed E-state index contributed by atoms with van der Waals surface area (Å²) < 4.78 is 5.78. The Balaban J connectivity index is 2.66. The molecule has 1 aromatic carbocycles. The standard InChI is InChI=1S/C14H18OS/c1-9-11-8-10(14(2,3)4)6-7-12(11)15-13(9)16-5/h6-8H,1-5H3. The van der Waals surface area contributed by atoms with Crippen LogP contribution in [0.25, 0.3) is 11.0 Å². The van der Waals surface area contributed by atoms with Crippen LogP contribution in [0.15, 0.2) is 27.7 Å². The van der Waals surface area contributed by atoms with Gasteiger partial charge in [0.25, 0.3) is 0 Å². The second-order valence-electron chi connectivity index (χ2n) is 5.18. The summed E-state index contributed by atoms with van der Waals surface area (Å²) >= 11 is 1.67. The molecule has 0 atom stereocenters. The second kappa shape index (κ2) is 3.85. The molecule has 0 saturated carbocycles. The molecule has 0 aliphatic heterocycles. The van der Waals surface area contributed by atoms with Gasteiger partial charge in [-0.2, -0.15) is 0 Å². The highest BCUT2D eigenvalue weighted by Crippen LogP contribution is 2.34. The van der Waals surface area contributed by atoms with E-state index in [1.807, 2.05) is 0 Å². The zero-order valence-electron chi connectivity index (χ0n) is 10.5. The molecule has 1 heterocycles. The van der Waals surface area contributed by atoms with E-state index < -0.39 is 0 Å². The van der Waals surface area contributed by atoms with Gasteiger partial charge in [0, 0.05) is 10.9 Å². The van der Waals surface area contributed by atoms with Gasteiger partial charge in [0.1, 0.15) is 5.58 Å². The zero-order valence-corrected chi connectivity index (χ0v) is 11.4. The first-order valence-corrected chi connectivity index (χ1v) is 6.73. The molecule has 0 radical (unpaired) electrons. The van der Waals surface area contributed by atoms with E-state index in [1.165, 1.54) is 16.5 Å². The van der Waals surface area contributed by atoms with Crippen LogP contribution in [0.2, 0.25) is 0 Å². The normalized spacial score (nSPS) is 12.3. The number of aryl methyl sites for hydroxylation is 1. The summed E-state index contributed by atoms with van der Waals surface area (Å²) in [5, 5.41) is 2.28. The minimum Gasteiger partial charge on any atom is -0.450 e. The summed E-state index contributed by atoms with van der Waals surface area (Å²) in [7, 11) is 0. The van der Waals surface area contributed by atoms with Crippen molar-refractivity contribution in [2.75, 3.05) is 6.26 Å². The van der Waals surface area contributed by atoms with Gasteiger partial charge in [-0.3, -0.25) is 0 Å². The lowest BCUT2D eigenvalue weighted by atomic mass is 9.86. The van der Waals surface area contributed by atoms with E-state index in [-0.39, 0.29) is 5.41 Å². The molecule has 0 bridgehead atoms. The lowest BCUT2D eigenvalue weighted by Gasteiger charge is -2.18. The monoisotopic (exact) mass is 234 g/mol. The van der Waals surface area contributed by atoms with Gasteiger partial charge in [0.05, 0.1) is 0 Å². The van der Waals surface area contributed by atoms with Crippen LogP contribution in [0.1, 0.15) is 31.9 Å². The van der Waals surface area contributed by atoms with Crippen molar-refractivity contribution >= 4 is 22.7 Å². The lowest BCUT2D eigenvalue weighted by Crippen LogP contribution is -2.10. The van der Waals surface area contributed by atoms with Gasteiger partial charge in [-0.15, -0.1) is 0 Å². The van der Waals surface area contributed by atoms with Gasteiger partial charge in [0.15, 0.2) is 5.09 Å². The summed E-state index contributed by atoms with van der Waals surface area (Å²) in [6.45, 7) is 8.83. The number of furan rings is 1. The van der Waals surface area contributed by atoms with Crippen molar-refractivity contribution in [2.24, 2.45) is 0 Å². The molecule has 16 heavy (non-hydrogen) atoms. The topological polar surface area (TPSA) is 13.1 Å². The fraction of sp³-hybridized carbons (Fsp3) is 0.429. The molecular formula is C14H18OS. The third-order valence-electron chi connectivity index (χ3n) is 2.94. The number of fused-ring (bicyclic) bond motifs is 1. The van der Waals surface area contributed by atoms with E-state index in [2.05, 4.69) is 52.1 Å². The van der Waals surface area contributed by atoms with Gasteiger partial charge in [-0.25, -0.2) is 0 Å². The molecule has 0 spiro atoms. The minimum atomic E-state index is 0.192. The van der Waals surface area contributed by atoms with Crippen molar-refractivity contribution < 1.29 is 4.42 Å². The molecule has 0 fully saturated rings. The number of hydrogen-bond donors (Lipinski definition) is 0. The Morgan fingerprint density at radius 2 is 1.88 bits per heavy atom. The van der Waals surface area contributed by atoms with E-state index in [1.54, 1.807) is 11.8 Å². The first-order valence-electron chi connectivity index (χ1n) is 5.51. The SMILES string of the molecule is CSc1oc2ccc(C(C)(C)C)cc2c1C. The fourth-order valence-corrected chi connectivity index (χ4v) is 2.45. The van der Waals surface area contributed by atoms with Crippen LogP contribution >= 0.6 is 11.8 Å². The minimum absolute atomic E-state index is 0.192. The third kappa shape index (κ3) is 1.86. The lowest BCUT2D eigenvalue weighted by molar-refractivity contribution is 0.510. The van der Waals surface area contributed by atoms with Crippen LogP contribution in [0.3, 0.4) is 0 Å². The molecular weight excluding hydrogens is 216 g/mol. The summed E-state index contributed by atoms with van der Waals surface area (Å²) in [4.78, 5) is 0. The Labute approximate surface area is 101 Å². The highest BCUT2D eigenvalue weighted by atomic mass is 32.2. The highest BCUT2D eigenvalue weighted by molar-refractivity contribution is 7.98. The Morgan fingerprint density at radius 3 is 2.44 bits per heavy atom. The van der Waals surface area contributed by atoms with Crippen molar-refractivity contribution in [3.8, 4) is 0 Å². The molecule has 0 N–H and O–H groups in total. The van der Waals surface area contributed by atoms with Crippen LogP contribution in [0.5, 0.6) is 0 Å². The first-order chi connectivity index (χ1) is 7.43. The van der Waals surface area contributed by atoms with Crippen molar-refractivity contribution in [2.45, 2.75) is 38.2 Å². The largest absolute Gasteiger partial charge is 0.450 e. The van der Waals surface area contributed by atoms with Gasteiger partial charge < -0.3 is 4.42 Å². The number of hydrogen-bond acceptors (Lipinski definition) is 2. The summed E-state index contributed by atoms with van der Waals surface area (Å²) in [6.07, 6.45) is 2.05. The van der Waals surface area contributed by atoms with E-state index in [4.69, 9.17) is 4.42 Å². The summed E-state index contributed by atoms with van der Waals surface area (Å²) in [5.41, 5.74) is 3.80. The maximum Gasteiger partial charge on any atom is 0.164 e. The molecule has 0 saturated heterocycles. The number of benzene rings is 1. The Hall–Kier alpha value is -0.890. The molecule has 1 nitrogen and oxygen atoms in total. The molecule has 86 valence electrons.